The largest absolute Gasteiger partial charge is 0.314 e. The molecule has 1 saturated heterocycles. The zero-order chi connectivity index (χ0) is 13.1. The summed E-state index contributed by atoms with van der Waals surface area (Å²) in [5, 5.41) is 3.66. The highest BCUT2D eigenvalue weighted by Crippen LogP contribution is 2.34. The van der Waals surface area contributed by atoms with Crippen molar-refractivity contribution in [2.24, 2.45) is 17.8 Å². The Hall–Kier alpha value is -0.0800. The third-order valence-electron chi connectivity index (χ3n) is 5.67. The molecule has 1 heterocycles. The van der Waals surface area contributed by atoms with Crippen molar-refractivity contribution in [3.63, 3.8) is 0 Å². The van der Waals surface area contributed by atoms with E-state index in [4.69, 9.17) is 0 Å². The summed E-state index contributed by atoms with van der Waals surface area (Å²) in [7, 11) is 0. The molecule has 0 aromatic carbocycles. The maximum absolute atomic E-state index is 3.66. The number of rotatable bonds is 4. The molecule has 5 unspecified atom stereocenters. The third-order valence-corrected chi connectivity index (χ3v) is 5.67. The second-order valence-electron chi connectivity index (χ2n) is 6.72. The van der Waals surface area contributed by atoms with Crippen molar-refractivity contribution in [1.29, 1.82) is 0 Å². The van der Waals surface area contributed by atoms with Gasteiger partial charge in [0.2, 0.25) is 0 Å². The van der Waals surface area contributed by atoms with Crippen LogP contribution in [-0.4, -0.2) is 36.6 Å². The van der Waals surface area contributed by atoms with Gasteiger partial charge in [0.05, 0.1) is 0 Å². The van der Waals surface area contributed by atoms with Crippen LogP contribution in [0.15, 0.2) is 0 Å². The van der Waals surface area contributed by atoms with Gasteiger partial charge in [-0.25, -0.2) is 0 Å². The fraction of sp³-hybridized carbons (Fsp3) is 1.00. The first-order valence-electron chi connectivity index (χ1n) is 8.11. The van der Waals surface area contributed by atoms with E-state index in [0.29, 0.717) is 0 Å². The zero-order valence-electron chi connectivity index (χ0n) is 12.8. The lowest BCUT2D eigenvalue weighted by Gasteiger charge is -2.44. The highest BCUT2D eigenvalue weighted by molar-refractivity contribution is 4.90. The minimum atomic E-state index is 0.738. The summed E-state index contributed by atoms with van der Waals surface area (Å²) in [5.41, 5.74) is 0. The van der Waals surface area contributed by atoms with E-state index < -0.39 is 0 Å². The van der Waals surface area contributed by atoms with Gasteiger partial charge in [-0.1, -0.05) is 33.6 Å². The molecule has 0 radical (unpaired) electrons. The number of piperidine rings is 1. The van der Waals surface area contributed by atoms with Gasteiger partial charge in [0.1, 0.15) is 0 Å². The average Bonchev–Trinajstić information content (AvgIpc) is 2.75. The Morgan fingerprint density at radius 3 is 2.50 bits per heavy atom. The van der Waals surface area contributed by atoms with E-state index in [2.05, 4.69) is 37.9 Å². The minimum absolute atomic E-state index is 0.738. The SMILES string of the molecule is CCNC1CCN(CC2CCCC2C)C(C)C1C. The van der Waals surface area contributed by atoms with Crippen molar-refractivity contribution in [2.75, 3.05) is 19.6 Å². The van der Waals surface area contributed by atoms with Gasteiger partial charge in [0.15, 0.2) is 0 Å². The van der Waals surface area contributed by atoms with E-state index >= 15 is 0 Å². The standard InChI is InChI=1S/C16H32N2/c1-5-17-16-9-10-18(14(4)13(16)3)11-15-8-6-7-12(15)2/h12-17H,5-11H2,1-4H3. The monoisotopic (exact) mass is 252 g/mol. The normalized spacial score (nSPS) is 42.3. The van der Waals surface area contributed by atoms with Crippen LogP contribution in [0.5, 0.6) is 0 Å². The molecule has 2 fully saturated rings. The van der Waals surface area contributed by atoms with Gasteiger partial charge in [-0.15, -0.1) is 0 Å². The van der Waals surface area contributed by atoms with E-state index in [1.165, 1.54) is 38.8 Å². The topological polar surface area (TPSA) is 15.3 Å². The molecule has 2 nitrogen and oxygen atoms in total. The lowest BCUT2D eigenvalue weighted by molar-refractivity contribution is 0.0658. The highest BCUT2D eigenvalue weighted by Gasteiger charge is 2.34. The lowest BCUT2D eigenvalue weighted by Crippen LogP contribution is -2.54. The van der Waals surface area contributed by atoms with Crippen LogP contribution in [0.3, 0.4) is 0 Å². The fourth-order valence-corrected chi connectivity index (χ4v) is 4.04. The van der Waals surface area contributed by atoms with Crippen LogP contribution in [0, 0.1) is 17.8 Å². The Bertz CT molecular complexity index is 253. The first kappa shape index (κ1) is 14.3. The molecule has 1 aliphatic heterocycles. The van der Waals surface area contributed by atoms with Crippen LogP contribution >= 0.6 is 0 Å². The molecule has 106 valence electrons. The summed E-state index contributed by atoms with van der Waals surface area (Å²) in [6, 6.07) is 1.48. The molecule has 2 aliphatic rings. The van der Waals surface area contributed by atoms with Gasteiger partial charge >= 0.3 is 0 Å². The molecular weight excluding hydrogens is 220 g/mol. The number of nitrogens with zero attached hydrogens (tertiary/aromatic N) is 1. The van der Waals surface area contributed by atoms with Crippen LogP contribution in [0.25, 0.3) is 0 Å². The molecule has 1 N–H and O–H groups in total. The van der Waals surface area contributed by atoms with Crippen LogP contribution in [0.1, 0.15) is 53.4 Å². The number of likely N-dealkylation sites (tertiary alicyclic amines) is 1. The van der Waals surface area contributed by atoms with Crippen LogP contribution in [0.4, 0.5) is 0 Å². The number of nitrogens with one attached hydrogen (secondary N) is 1. The maximum Gasteiger partial charge on any atom is 0.0120 e. The van der Waals surface area contributed by atoms with Crippen molar-refractivity contribution in [3.8, 4) is 0 Å². The first-order chi connectivity index (χ1) is 8.63. The van der Waals surface area contributed by atoms with Crippen molar-refractivity contribution in [1.82, 2.24) is 10.2 Å². The summed E-state index contributed by atoms with van der Waals surface area (Å²) in [6.07, 6.45) is 5.72. The molecule has 5 atom stereocenters. The molecule has 1 saturated carbocycles. The molecule has 0 aromatic rings. The Kier molecular flexibility index (Phi) is 5.08. The highest BCUT2D eigenvalue weighted by atomic mass is 15.2. The van der Waals surface area contributed by atoms with Gasteiger partial charge in [0, 0.05) is 18.6 Å². The van der Waals surface area contributed by atoms with Gasteiger partial charge in [-0.3, -0.25) is 4.90 Å². The van der Waals surface area contributed by atoms with E-state index in [1.54, 1.807) is 0 Å². The van der Waals surface area contributed by atoms with Crippen LogP contribution in [0.2, 0.25) is 0 Å². The number of hydrogen-bond acceptors (Lipinski definition) is 2. The van der Waals surface area contributed by atoms with Crippen molar-refractivity contribution < 1.29 is 0 Å². The second kappa shape index (κ2) is 6.38. The van der Waals surface area contributed by atoms with Crippen molar-refractivity contribution in [3.05, 3.63) is 0 Å². The molecule has 0 spiro atoms. The first-order valence-corrected chi connectivity index (χ1v) is 8.11. The predicted octanol–water partition coefficient (Wildman–Crippen LogP) is 3.13. The van der Waals surface area contributed by atoms with Gasteiger partial charge in [0.25, 0.3) is 0 Å². The Labute approximate surface area is 114 Å². The van der Waals surface area contributed by atoms with Gasteiger partial charge in [-0.2, -0.15) is 0 Å². The smallest absolute Gasteiger partial charge is 0.0120 e. The molecule has 18 heavy (non-hydrogen) atoms. The van der Waals surface area contributed by atoms with Gasteiger partial charge in [-0.05, 0) is 50.6 Å². The molecule has 0 bridgehead atoms. The second-order valence-corrected chi connectivity index (χ2v) is 6.72. The molecule has 1 aliphatic carbocycles. The summed E-state index contributed by atoms with van der Waals surface area (Å²) < 4.78 is 0. The molecule has 0 aromatic heterocycles. The lowest BCUT2D eigenvalue weighted by atomic mass is 9.85. The number of hydrogen-bond donors (Lipinski definition) is 1. The Morgan fingerprint density at radius 1 is 1.11 bits per heavy atom. The Morgan fingerprint density at radius 2 is 1.89 bits per heavy atom. The molecule has 0 amide bonds. The van der Waals surface area contributed by atoms with E-state index in [9.17, 15) is 0 Å². The summed E-state index contributed by atoms with van der Waals surface area (Å²) >= 11 is 0. The molecule has 2 heteroatoms. The maximum atomic E-state index is 3.66. The van der Waals surface area contributed by atoms with Crippen LogP contribution in [-0.2, 0) is 0 Å². The quantitative estimate of drug-likeness (QED) is 0.827. The van der Waals surface area contributed by atoms with E-state index in [1.807, 2.05) is 0 Å². The molecule has 2 rings (SSSR count). The van der Waals surface area contributed by atoms with Gasteiger partial charge < -0.3 is 5.32 Å². The molecular formula is C16H32N2. The summed E-state index contributed by atoms with van der Waals surface area (Å²) in [5.74, 6) is 2.71. The third kappa shape index (κ3) is 3.08. The van der Waals surface area contributed by atoms with E-state index in [-0.39, 0.29) is 0 Å². The predicted molar refractivity (Wildman–Crippen MR) is 78.8 cm³/mol. The van der Waals surface area contributed by atoms with Crippen molar-refractivity contribution in [2.45, 2.75) is 65.5 Å². The van der Waals surface area contributed by atoms with E-state index in [0.717, 1.165) is 36.4 Å². The average molecular weight is 252 g/mol. The zero-order valence-corrected chi connectivity index (χ0v) is 12.8. The minimum Gasteiger partial charge on any atom is -0.314 e. The van der Waals surface area contributed by atoms with Crippen LogP contribution < -0.4 is 5.32 Å². The fourth-order valence-electron chi connectivity index (χ4n) is 4.04. The summed E-state index contributed by atoms with van der Waals surface area (Å²) in [6.45, 7) is 13.3. The Balaban J connectivity index is 1.87. The summed E-state index contributed by atoms with van der Waals surface area (Å²) in [4.78, 5) is 2.77. The van der Waals surface area contributed by atoms with Crippen molar-refractivity contribution >= 4 is 0 Å².